The number of methoxy groups -OCH3 is 2. The Balaban J connectivity index is 2.63. The van der Waals surface area contributed by atoms with E-state index in [-0.39, 0.29) is 17.4 Å². The molecule has 1 atom stereocenters. The van der Waals surface area contributed by atoms with Crippen LogP contribution in [0, 0.1) is 0 Å². The fraction of sp³-hybridized carbons (Fsp3) is 0.700. The minimum absolute atomic E-state index is 0.0498. The summed E-state index contributed by atoms with van der Waals surface area (Å²) >= 11 is 6.08. The van der Waals surface area contributed by atoms with Crippen LogP contribution in [0.3, 0.4) is 0 Å². The topological polar surface area (TPSA) is 69.2 Å². The van der Waals surface area contributed by atoms with Crippen LogP contribution < -0.4 is 14.8 Å². The molecule has 1 rings (SSSR count). The van der Waals surface area contributed by atoms with Crippen LogP contribution in [0.15, 0.2) is 0 Å². The molecule has 17 heavy (non-hydrogen) atoms. The summed E-state index contributed by atoms with van der Waals surface area (Å²) in [6, 6.07) is 0.418. The molecule has 1 aromatic rings. The summed E-state index contributed by atoms with van der Waals surface area (Å²) in [6.07, 6.45) is 1.98. The van der Waals surface area contributed by atoms with Crippen molar-refractivity contribution in [2.45, 2.75) is 25.1 Å². The average molecular weight is 261 g/mol. The lowest BCUT2D eigenvalue weighted by molar-refractivity contribution is 0.341. The van der Waals surface area contributed by atoms with Crippen molar-refractivity contribution in [3.8, 4) is 12.0 Å². The number of anilines is 1. The predicted octanol–water partition coefficient (Wildman–Crippen LogP) is 1.71. The molecule has 0 amide bonds. The fourth-order valence-electron chi connectivity index (χ4n) is 1.22. The van der Waals surface area contributed by atoms with Crippen LogP contribution in [-0.2, 0) is 0 Å². The molecule has 0 bridgehead atoms. The number of rotatable bonds is 7. The molecule has 0 spiro atoms. The third-order valence-corrected chi connectivity index (χ3v) is 2.42. The maximum atomic E-state index is 6.08. The molecule has 6 nitrogen and oxygen atoms in total. The van der Waals surface area contributed by atoms with E-state index in [1.807, 2.05) is 0 Å². The highest BCUT2D eigenvalue weighted by atomic mass is 35.5. The summed E-state index contributed by atoms with van der Waals surface area (Å²) in [7, 11) is 2.97. The van der Waals surface area contributed by atoms with E-state index in [0.29, 0.717) is 12.5 Å². The van der Waals surface area contributed by atoms with Gasteiger partial charge in [-0.3, -0.25) is 0 Å². The monoisotopic (exact) mass is 260 g/mol. The van der Waals surface area contributed by atoms with Gasteiger partial charge in [0.1, 0.15) is 0 Å². The Morgan fingerprint density at radius 3 is 2.24 bits per heavy atom. The zero-order valence-corrected chi connectivity index (χ0v) is 11.0. The molecule has 7 heteroatoms. The molecule has 1 aromatic heterocycles. The second-order valence-electron chi connectivity index (χ2n) is 3.40. The second-order valence-corrected chi connectivity index (χ2v) is 4.02. The quantitative estimate of drug-likeness (QED) is 0.753. The van der Waals surface area contributed by atoms with Gasteiger partial charge < -0.3 is 14.8 Å². The highest BCUT2D eigenvalue weighted by molar-refractivity contribution is 6.20. The van der Waals surface area contributed by atoms with E-state index in [2.05, 4.69) is 27.2 Å². The third-order valence-electron chi connectivity index (χ3n) is 2.04. The molecular formula is C10H17ClN4O2. The zero-order valence-electron chi connectivity index (χ0n) is 10.2. The van der Waals surface area contributed by atoms with Gasteiger partial charge in [-0.1, -0.05) is 13.3 Å². The summed E-state index contributed by atoms with van der Waals surface area (Å²) in [5.41, 5.74) is 0. The highest BCUT2D eigenvalue weighted by Crippen LogP contribution is 2.13. The molecule has 0 aliphatic carbocycles. The van der Waals surface area contributed by atoms with E-state index in [9.17, 15) is 0 Å². The van der Waals surface area contributed by atoms with Crippen molar-refractivity contribution in [1.29, 1.82) is 0 Å². The molecule has 0 aromatic carbocycles. The first-order valence-electron chi connectivity index (χ1n) is 5.41. The van der Waals surface area contributed by atoms with Gasteiger partial charge in [0.15, 0.2) is 0 Å². The SMILES string of the molecule is CCCC(Cl)CNc1nc(OC)nc(OC)n1. The number of ether oxygens (including phenoxy) is 2. The Labute approximate surface area is 106 Å². The lowest BCUT2D eigenvalue weighted by atomic mass is 10.2. The van der Waals surface area contributed by atoms with Crippen LogP contribution in [-0.4, -0.2) is 41.1 Å². The van der Waals surface area contributed by atoms with Gasteiger partial charge in [-0.2, -0.15) is 9.97 Å². The molecule has 1 unspecified atom stereocenters. The minimum Gasteiger partial charge on any atom is -0.467 e. The molecule has 0 aliphatic rings. The van der Waals surface area contributed by atoms with Crippen LogP contribution in [0.25, 0.3) is 0 Å². The summed E-state index contributed by atoms with van der Waals surface area (Å²) in [5.74, 6) is 0.399. The number of hydrogen-bond acceptors (Lipinski definition) is 6. The van der Waals surface area contributed by atoms with Crippen LogP contribution in [0.4, 0.5) is 5.95 Å². The van der Waals surface area contributed by atoms with Crippen LogP contribution in [0.1, 0.15) is 19.8 Å². The average Bonchev–Trinajstić information content (AvgIpc) is 2.36. The molecule has 96 valence electrons. The Hall–Kier alpha value is -1.30. The number of halogens is 1. The van der Waals surface area contributed by atoms with Crippen molar-refractivity contribution in [1.82, 2.24) is 15.0 Å². The van der Waals surface area contributed by atoms with E-state index in [1.54, 1.807) is 0 Å². The maximum absolute atomic E-state index is 6.08. The Morgan fingerprint density at radius 1 is 1.18 bits per heavy atom. The van der Waals surface area contributed by atoms with Gasteiger partial charge in [0.2, 0.25) is 5.95 Å². The van der Waals surface area contributed by atoms with Crippen LogP contribution in [0.2, 0.25) is 0 Å². The molecule has 0 radical (unpaired) electrons. The summed E-state index contributed by atoms with van der Waals surface area (Å²) in [5, 5.41) is 3.07. The van der Waals surface area contributed by atoms with E-state index in [4.69, 9.17) is 21.1 Å². The Bertz CT molecular complexity index is 329. The van der Waals surface area contributed by atoms with Crippen molar-refractivity contribution in [2.24, 2.45) is 0 Å². The van der Waals surface area contributed by atoms with E-state index in [0.717, 1.165) is 12.8 Å². The van der Waals surface area contributed by atoms with Crippen LogP contribution >= 0.6 is 11.6 Å². The molecular weight excluding hydrogens is 244 g/mol. The maximum Gasteiger partial charge on any atom is 0.324 e. The summed E-state index contributed by atoms with van der Waals surface area (Å²) in [6.45, 7) is 2.68. The number of alkyl halides is 1. The number of aromatic nitrogens is 3. The number of nitrogens with zero attached hydrogens (tertiary/aromatic N) is 3. The Morgan fingerprint density at radius 2 is 1.76 bits per heavy atom. The molecule has 0 fully saturated rings. The van der Waals surface area contributed by atoms with Crippen molar-refractivity contribution in [3.63, 3.8) is 0 Å². The van der Waals surface area contributed by atoms with Crippen molar-refractivity contribution in [2.75, 3.05) is 26.1 Å². The lowest BCUT2D eigenvalue weighted by Gasteiger charge is -2.10. The van der Waals surface area contributed by atoms with Gasteiger partial charge in [0.25, 0.3) is 0 Å². The predicted molar refractivity (Wildman–Crippen MR) is 66.0 cm³/mol. The Kier molecular flexibility index (Phi) is 5.76. The van der Waals surface area contributed by atoms with Gasteiger partial charge in [0.05, 0.1) is 19.6 Å². The summed E-state index contributed by atoms with van der Waals surface area (Å²) < 4.78 is 9.87. The first-order chi connectivity index (χ1) is 8.19. The minimum atomic E-state index is 0.0498. The van der Waals surface area contributed by atoms with Crippen molar-refractivity contribution >= 4 is 17.5 Å². The van der Waals surface area contributed by atoms with Gasteiger partial charge in [0, 0.05) is 6.54 Å². The fourth-order valence-corrected chi connectivity index (χ4v) is 1.51. The number of nitrogens with one attached hydrogen (secondary N) is 1. The highest BCUT2D eigenvalue weighted by Gasteiger charge is 2.08. The molecule has 1 N–H and O–H groups in total. The van der Waals surface area contributed by atoms with Crippen LogP contribution in [0.5, 0.6) is 12.0 Å². The largest absolute Gasteiger partial charge is 0.467 e. The normalized spacial score (nSPS) is 12.0. The number of hydrogen-bond donors (Lipinski definition) is 1. The van der Waals surface area contributed by atoms with E-state index < -0.39 is 0 Å². The first-order valence-corrected chi connectivity index (χ1v) is 5.85. The second kappa shape index (κ2) is 7.11. The summed E-state index contributed by atoms with van der Waals surface area (Å²) in [4.78, 5) is 12.0. The lowest BCUT2D eigenvalue weighted by Crippen LogP contribution is -2.16. The van der Waals surface area contributed by atoms with Crippen molar-refractivity contribution < 1.29 is 9.47 Å². The molecule has 0 aliphatic heterocycles. The third kappa shape index (κ3) is 4.60. The molecule has 0 saturated carbocycles. The zero-order chi connectivity index (χ0) is 12.7. The van der Waals surface area contributed by atoms with Crippen molar-refractivity contribution in [3.05, 3.63) is 0 Å². The van der Waals surface area contributed by atoms with E-state index >= 15 is 0 Å². The van der Waals surface area contributed by atoms with Gasteiger partial charge in [-0.25, -0.2) is 0 Å². The first kappa shape index (κ1) is 13.8. The molecule has 1 heterocycles. The van der Waals surface area contributed by atoms with Gasteiger partial charge >= 0.3 is 12.0 Å². The standard InChI is InChI=1S/C10H17ClN4O2/c1-4-5-7(11)6-12-8-13-9(16-2)15-10(14-8)17-3/h7H,4-6H2,1-3H3,(H,12,13,14,15). The van der Waals surface area contributed by atoms with Gasteiger partial charge in [-0.05, 0) is 6.42 Å². The van der Waals surface area contributed by atoms with E-state index in [1.165, 1.54) is 14.2 Å². The molecule has 0 saturated heterocycles. The van der Waals surface area contributed by atoms with Gasteiger partial charge in [-0.15, -0.1) is 16.6 Å². The smallest absolute Gasteiger partial charge is 0.324 e.